The number of carbonyl (C=O) groups is 2. The molecule has 1 aromatic carbocycles. The lowest BCUT2D eigenvalue weighted by Gasteiger charge is -2.22. The van der Waals surface area contributed by atoms with Gasteiger partial charge in [-0.2, -0.15) is 5.10 Å². The minimum absolute atomic E-state index is 0.323. The van der Waals surface area contributed by atoms with Gasteiger partial charge >= 0.3 is 5.97 Å². The maximum atomic E-state index is 12.3. The summed E-state index contributed by atoms with van der Waals surface area (Å²) >= 11 is 0. The molecule has 0 bridgehead atoms. The van der Waals surface area contributed by atoms with Crippen LogP contribution in [0, 0.1) is 0 Å². The van der Waals surface area contributed by atoms with E-state index in [-0.39, 0.29) is 5.97 Å². The molecule has 0 unspecified atom stereocenters. The molecule has 0 saturated carbocycles. The Morgan fingerprint density at radius 2 is 2.00 bits per heavy atom. The first-order valence-electron chi connectivity index (χ1n) is 9.94. The van der Waals surface area contributed by atoms with Gasteiger partial charge in [-0.1, -0.05) is 12.1 Å². The smallest absolute Gasteiger partial charge is 0.333 e. The molecule has 1 amide bonds. The van der Waals surface area contributed by atoms with Crippen molar-refractivity contribution in [1.29, 1.82) is 0 Å². The first-order chi connectivity index (χ1) is 14.9. The van der Waals surface area contributed by atoms with Crippen molar-refractivity contribution >= 4 is 23.7 Å². The summed E-state index contributed by atoms with van der Waals surface area (Å²) in [6, 6.07) is 11.5. The summed E-state index contributed by atoms with van der Waals surface area (Å²) in [7, 11) is 0. The van der Waals surface area contributed by atoms with Crippen LogP contribution in [0.3, 0.4) is 0 Å². The van der Waals surface area contributed by atoms with Crippen LogP contribution in [0.25, 0.3) is 28.0 Å². The maximum Gasteiger partial charge on any atom is 0.333 e. The van der Waals surface area contributed by atoms with Gasteiger partial charge in [-0.3, -0.25) is 13.9 Å². The number of anilines is 1. The Kier molecular flexibility index (Phi) is 5.29. The molecular formula is C23H23N5O3. The summed E-state index contributed by atoms with van der Waals surface area (Å²) in [5.74, 6) is -0.329. The third-order valence-corrected chi connectivity index (χ3v) is 5.16. The maximum absolute atomic E-state index is 12.3. The summed E-state index contributed by atoms with van der Waals surface area (Å²) in [5.41, 5.74) is 4.26. The fourth-order valence-corrected chi connectivity index (χ4v) is 3.39. The Morgan fingerprint density at radius 1 is 1.16 bits per heavy atom. The third kappa shape index (κ3) is 3.79. The minimum atomic E-state index is -0.903. The fraction of sp³-hybridized carbons (Fsp3) is 0.217. The highest BCUT2D eigenvalue weighted by Crippen LogP contribution is 2.27. The van der Waals surface area contributed by atoms with Gasteiger partial charge in [0.15, 0.2) is 5.54 Å². The number of nitrogens with zero attached hydrogens (tertiary/aromatic N) is 4. The van der Waals surface area contributed by atoms with E-state index < -0.39 is 5.54 Å². The quantitative estimate of drug-likeness (QED) is 0.365. The van der Waals surface area contributed by atoms with Gasteiger partial charge in [0.2, 0.25) is 6.41 Å². The summed E-state index contributed by atoms with van der Waals surface area (Å²) in [6.45, 7) is 5.66. The Balaban J connectivity index is 1.66. The van der Waals surface area contributed by atoms with Gasteiger partial charge in [-0.05, 0) is 50.6 Å². The van der Waals surface area contributed by atoms with Gasteiger partial charge in [0.05, 0.1) is 24.7 Å². The number of pyridine rings is 1. The number of ether oxygens (including phenoxy) is 1. The molecule has 158 valence electrons. The van der Waals surface area contributed by atoms with Crippen molar-refractivity contribution in [2.45, 2.75) is 26.3 Å². The van der Waals surface area contributed by atoms with Gasteiger partial charge in [-0.25, -0.2) is 9.78 Å². The molecule has 0 aliphatic carbocycles. The highest BCUT2D eigenvalue weighted by atomic mass is 16.5. The lowest BCUT2D eigenvalue weighted by atomic mass is 10.1. The van der Waals surface area contributed by atoms with Crippen molar-refractivity contribution in [1.82, 2.24) is 19.2 Å². The van der Waals surface area contributed by atoms with Crippen LogP contribution in [-0.4, -0.2) is 38.2 Å². The molecule has 4 rings (SSSR count). The van der Waals surface area contributed by atoms with Gasteiger partial charge in [-0.15, -0.1) is 0 Å². The van der Waals surface area contributed by atoms with E-state index in [4.69, 9.17) is 4.74 Å². The van der Waals surface area contributed by atoms with E-state index in [0.717, 1.165) is 33.7 Å². The van der Waals surface area contributed by atoms with E-state index >= 15 is 0 Å². The van der Waals surface area contributed by atoms with Crippen molar-refractivity contribution in [3.63, 3.8) is 0 Å². The molecule has 8 heteroatoms. The van der Waals surface area contributed by atoms with Gasteiger partial charge in [0.25, 0.3) is 0 Å². The molecule has 3 aromatic heterocycles. The molecule has 4 aromatic rings. The van der Waals surface area contributed by atoms with Gasteiger partial charge in [0, 0.05) is 29.2 Å². The molecule has 3 heterocycles. The number of nitrogens with one attached hydrogen (secondary N) is 1. The number of benzene rings is 1. The summed E-state index contributed by atoms with van der Waals surface area (Å²) < 4.78 is 8.77. The van der Waals surface area contributed by atoms with E-state index in [1.807, 2.05) is 53.2 Å². The van der Waals surface area contributed by atoms with Crippen LogP contribution in [-0.2, 0) is 19.9 Å². The largest absolute Gasteiger partial charge is 0.464 e. The third-order valence-electron chi connectivity index (χ3n) is 5.16. The monoisotopic (exact) mass is 417 g/mol. The van der Waals surface area contributed by atoms with Crippen LogP contribution >= 0.6 is 0 Å². The summed E-state index contributed by atoms with van der Waals surface area (Å²) in [6.07, 6.45) is 7.96. The second-order valence-electron chi connectivity index (χ2n) is 7.58. The first kappa shape index (κ1) is 20.3. The molecule has 31 heavy (non-hydrogen) atoms. The number of aromatic nitrogens is 4. The summed E-state index contributed by atoms with van der Waals surface area (Å²) in [5, 5.41) is 7.05. The number of hydrogen-bond donors (Lipinski definition) is 1. The lowest BCUT2D eigenvalue weighted by molar-refractivity contribution is -0.152. The normalized spacial score (nSPS) is 11.5. The van der Waals surface area contributed by atoms with Crippen LogP contribution in [0.5, 0.6) is 0 Å². The molecule has 8 nitrogen and oxygen atoms in total. The average molecular weight is 417 g/mol. The Hall–Kier alpha value is -3.94. The SMILES string of the molecule is CCOC(=O)C(C)(C)n1cc(-c2ccn3c(-c4cccc(NC=O)c4)cnc3c2)cn1. The van der Waals surface area contributed by atoms with Crippen LogP contribution in [0.1, 0.15) is 20.8 Å². The van der Waals surface area contributed by atoms with Gasteiger partial charge < -0.3 is 10.1 Å². The van der Waals surface area contributed by atoms with E-state index in [9.17, 15) is 9.59 Å². The lowest BCUT2D eigenvalue weighted by Crippen LogP contribution is -2.37. The Morgan fingerprint density at radius 3 is 2.77 bits per heavy atom. The number of amides is 1. The molecule has 0 saturated heterocycles. The molecule has 0 spiro atoms. The standard InChI is InChI=1S/C23H23N5O3/c1-4-31-22(30)23(2,3)28-14-18(12-26-28)16-8-9-27-20(13-24-21(27)11-16)17-6-5-7-19(10-17)25-15-29/h5-15H,4H2,1-3H3,(H,25,29). The summed E-state index contributed by atoms with van der Waals surface area (Å²) in [4.78, 5) is 27.5. The zero-order valence-electron chi connectivity index (χ0n) is 17.6. The number of imidazole rings is 1. The molecule has 0 fully saturated rings. The first-order valence-corrected chi connectivity index (χ1v) is 9.94. The van der Waals surface area contributed by atoms with E-state index in [1.165, 1.54) is 0 Å². The predicted octanol–water partition coefficient (Wildman–Crippen LogP) is 3.73. The van der Waals surface area contributed by atoms with Crippen molar-refractivity contribution in [3.05, 3.63) is 61.2 Å². The number of fused-ring (bicyclic) bond motifs is 1. The zero-order valence-corrected chi connectivity index (χ0v) is 17.6. The average Bonchev–Trinajstić information content (AvgIpc) is 3.42. The van der Waals surface area contributed by atoms with Crippen LogP contribution < -0.4 is 5.32 Å². The molecule has 0 aliphatic heterocycles. The van der Waals surface area contributed by atoms with Crippen LogP contribution in [0.2, 0.25) is 0 Å². The zero-order chi connectivity index (χ0) is 22.0. The van der Waals surface area contributed by atoms with Crippen LogP contribution in [0.15, 0.2) is 61.2 Å². The van der Waals surface area contributed by atoms with E-state index in [1.54, 1.807) is 37.8 Å². The van der Waals surface area contributed by atoms with E-state index in [0.29, 0.717) is 13.0 Å². The molecule has 0 radical (unpaired) electrons. The number of carbonyl (C=O) groups excluding carboxylic acids is 2. The molecular weight excluding hydrogens is 394 g/mol. The fourth-order valence-electron chi connectivity index (χ4n) is 3.39. The van der Waals surface area contributed by atoms with Crippen molar-refractivity contribution in [2.75, 3.05) is 11.9 Å². The highest BCUT2D eigenvalue weighted by molar-refractivity contribution is 5.78. The van der Waals surface area contributed by atoms with Gasteiger partial charge in [0.1, 0.15) is 5.65 Å². The van der Waals surface area contributed by atoms with Crippen LogP contribution in [0.4, 0.5) is 5.69 Å². The Labute approximate surface area is 179 Å². The predicted molar refractivity (Wildman–Crippen MR) is 117 cm³/mol. The Bertz CT molecular complexity index is 1260. The number of hydrogen-bond acceptors (Lipinski definition) is 5. The topological polar surface area (TPSA) is 90.5 Å². The molecule has 1 N–H and O–H groups in total. The second-order valence-corrected chi connectivity index (χ2v) is 7.58. The van der Waals surface area contributed by atoms with E-state index in [2.05, 4.69) is 15.4 Å². The number of esters is 1. The number of rotatable bonds is 7. The molecule has 0 atom stereocenters. The second kappa shape index (κ2) is 8.06. The highest BCUT2D eigenvalue weighted by Gasteiger charge is 2.32. The van der Waals surface area contributed by atoms with Crippen molar-refractivity contribution in [3.8, 4) is 22.4 Å². The van der Waals surface area contributed by atoms with Crippen molar-refractivity contribution in [2.24, 2.45) is 0 Å². The minimum Gasteiger partial charge on any atom is -0.464 e. The van der Waals surface area contributed by atoms with Crippen molar-refractivity contribution < 1.29 is 14.3 Å². The molecule has 0 aliphatic rings.